The summed E-state index contributed by atoms with van der Waals surface area (Å²) in [4.78, 5) is 0. The summed E-state index contributed by atoms with van der Waals surface area (Å²) < 4.78 is 0. The van der Waals surface area contributed by atoms with E-state index in [0.717, 1.165) is 6.54 Å². The highest BCUT2D eigenvalue weighted by atomic mass is 35.5. The number of hydrogen-bond donors (Lipinski definition) is 1. The summed E-state index contributed by atoms with van der Waals surface area (Å²) in [6.07, 6.45) is 1.22. The standard InChI is InChI=1S/C11H13Cl2NS/c1-7-2-3-14-11(15-7)8-4-9(12)6-10(13)5-8/h4-7,11,14H,2-3H2,1H3. The van der Waals surface area contributed by atoms with Crippen molar-refractivity contribution in [3.8, 4) is 0 Å². The monoisotopic (exact) mass is 261 g/mol. The van der Waals surface area contributed by atoms with Crippen LogP contribution >= 0.6 is 35.0 Å². The Morgan fingerprint density at radius 1 is 1.27 bits per heavy atom. The second kappa shape index (κ2) is 4.96. The number of hydrogen-bond acceptors (Lipinski definition) is 2. The average Bonchev–Trinajstić information content (AvgIpc) is 2.16. The predicted molar refractivity (Wildman–Crippen MR) is 68.9 cm³/mol. The van der Waals surface area contributed by atoms with Crippen molar-refractivity contribution in [3.05, 3.63) is 33.8 Å². The zero-order valence-electron chi connectivity index (χ0n) is 8.47. The number of thioether (sulfide) groups is 1. The first kappa shape index (κ1) is 11.6. The van der Waals surface area contributed by atoms with E-state index in [1.165, 1.54) is 12.0 Å². The van der Waals surface area contributed by atoms with Crippen LogP contribution in [0.3, 0.4) is 0 Å². The second-order valence-electron chi connectivity index (χ2n) is 3.77. The van der Waals surface area contributed by atoms with Crippen LogP contribution in [0.1, 0.15) is 24.3 Å². The summed E-state index contributed by atoms with van der Waals surface area (Å²) in [5.74, 6) is 0. The molecule has 0 bridgehead atoms. The number of rotatable bonds is 1. The molecule has 1 aliphatic rings. The van der Waals surface area contributed by atoms with Crippen LogP contribution in [-0.2, 0) is 0 Å². The van der Waals surface area contributed by atoms with E-state index in [4.69, 9.17) is 23.2 Å². The molecule has 1 heterocycles. The minimum Gasteiger partial charge on any atom is -0.302 e. The number of nitrogens with one attached hydrogen (secondary N) is 1. The van der Waals surface area contributed by atoms with Crippen LogP contribution in [0, 0.1) is 0 Å². The van der Waals surface area contributed by atoms with Crippen molar-refractivity contribution in [2.24, 2.45) is 0 Å². The summed E-state index contributed by atoms with van der Waals surface area (Å²) in [6, 6.07) is 5.73. The van der Waals surface area contributed by atoms with Gasteiger partial charge in [0.2, 0.25) is 0 Å². The van der Waals surface area contributed by atoms with Crippen molar-refractivity contribution in [3.63, 3.8) is 0 Å². The maximum absolute atomic E-state index is 5.98. The van der Waals surface area contributed by atoms with Gasteiger partial charge < -0.3 is 5.32 Å². The largest absolute Gasteiger partial charge is 0.302 e. The molecule has 1 saturated heterocycles. The van der Waals surface area contributed by atoms with Crippen molar-refractivity contribution in [2.75, 3.05) is 6.54 Å². The SMILES string of the molecule is CC1CCNC(c2cc(Cl)cc(Cl)c2)S1. The van der Waals surface area contributed by atoms with E-state index < -0.39 is 0 Å². The fourth-order valence-electron chi connectivity index (χ4n) is 1.69. The van der Waals surface area contributed by atoms with E-state index in [9.17, 15) is 0 Å². The molecule has 4 heteroatoms. The Labute approximate surface area is 105 Å². The van der Waals surface area contributed by atoms with Crippen molar-refractivity contribution >= 4 is 35.0 Å². The van der Waals surface area contributed by atoms with Gasteiger partial charge in [-0.1, -0.05) is 30.1 Å². The van der Waals surface area contributed by atoms with Gasteiger partial charge in [-0.05, 0) is 36.7 Å². The highest BCUT2D eigenvalue weighted by molar-refractivity contribution is 8.00. The fraction of sp³-hybridized carbons (Fsp3) is 0.455. The summed E-state index contributed by atoms with van der Waals surface area (Å²) in [5.41, 5.74) is 1.17. The van der Waals surface area contributed by atoms with Crippen molar-refractivity contribution in [1.82, 2.24) is 5.32 Å². The first-order valence-electron chi connectivity index (χ1n) is 5.00. The highest BCUT2D eigenvalue weighted by Crippen LogP contribution is 2.36. The van der Waals surface area contributed by atoms with E-state index in [2.05, 4.69) is 12.2 Å². The Balaban J connectivity index is 2.20. The number of halogens is 2. The lowest BCUT2D eigenvalue weighted by Crippen LogP contribution is -2.28. The van der Waals surface area contributed by atoms with Crippen molar-refractivity contribution in [2.45, 2.75) is 24.0 Å². The Hall–Kier alpha value is 0.110. The quantitative estimate of drug-likeness (QED) is 0.817. The summed E-state index contributed by atoms with van der Waals surface area (Å²) in [7, 11) is 0. The van der Waals surface area contributed by atoms with Gasteiger partial charge in [0.05, 0.1) is 5.37 Å². The lowest BCUT2D eigenvalue weighted by Gasteiger charge is -2.28. The molecule has 1 aromatic carbocycles. The molecule has 1 N–H and O–H groups in total. The molecule has 2 unspecified atom stereocenters. The molecule has 1 fully saturated rings. The van der Waals surface area contributed by atoms with Gasteiger partial charge in [0.25, 0.3) is 0 Å². The third-order valence-electron chi connectivity index (χ3n) is 2.44. The molecule has 0 aromatic heterocycles. The van der Waals surface area contributed by atoms with Crippen molar-refractivity contribution < 1.29 is 0 Å². The van der Waals surface area contributed by atoms with Gasteiger partial charge in [-0.2, -0.15) is 0 Å². The normalized spacial score (nSPS) is 26.6. The molecule has 1 aromatic rings. The van der Waals surface area contributed by atoms with Gasteiger partial charge in [-0.15, -0.1) is 11.8 Å². The second-order valence-corrected chi connectivity index (χ2v) is 6.19. The third kappa shape index (κ3) is 3.04. The van der Waals surface area contributed by atoms with E-state index in [1.54, 1.807) is 6.07 Å². The molecule has 0 amide bonds. The molecule has 15 heavy (non-hydrogen) atoms. The first-order valence-corrected chi connectivity index (χ1v) is 6.70. The van der Waals surface area contributed by atoms with Gasteiger partial charge in [0.1, 0.15) is 0 Å². The highest BCUT2D eigenvalue weighted by Gasteiger charge is 2.20. The smallest absolute Gasteiger partial charge is 0.0793 e. The fourth-order valence-corrected chi connectivity index (χ4v) is 3.46. The third-order valence-corrected chi connectivity index (χ3v) is 4.28. The minimum absolute atomic E-state index is 0.324. The first-order chi connectivity index (χ1) is 7.15. The van der Waals surface area contributed by atoms with Crippen LogP contribution in [0.2, 0.25) is 10.0 Å². The van der Waals surface area contributed by atoms with Crippen LogP contribution in [0.4, 0.5) is 0 Å². The lowest BCUT2D eigenvalue weighted by atomic mass is 10.2. The van der Waals surface area contributed by atoms with Gasteiger partial charge in [-0.3, -0.25) is 0 Å². The van der Waals surface area contributed by atoms with Gasteiger partial charge in [0, 0.05) is 15.3 Å². The zero-order valence-corrected chi connectivity index (χ0v) is 10.8. The topological polar surface area (TPSA) is 12.0 Å². The van der Waals surface area contributed by atoms with E-state index in [1.807, 2.05) is 23.9 Å². The molecule has 1 nitrogen and oxygen atoms in total. The molecule has 0 saturated carbocycles. The summed E-state index contributed by atoms with van der Waals surface area (Å²) in [5, 5.41) is 5.89. The minimum atomic E-state index is 0.324. The molecule has 1 aliphatic heterocycles. The molecule has 0 spiro atoms. The van der Waals surface area contributed by atoms with Crippen molar-refractivity contribution in [1.29, 1.82) is 0 Å². The Morgan fingerprint density at radius 3 is 2.53 bits per heavy atom. The summed E-state index contributed by atoms with van der Waals surface area (Å²) >= 11 is 13.9. The molecule has 0 radical (unpaired) electrons. The summed E-state index contributed by atoms with van der Waals surface area (Å²) in [6.45, 7) is 3.31. The molecule has 2 rings (SSSR count). The maximum atomic E-state index is 5.98. The van der Waals surface area contributed by atoms with E-state index in [0.29, 0.717) is 20.7 Å². The Morgan fingerprint density at radius 2 is 1.93 bits per heavy atom. The van der Waals surface area contributed by atoms with Crippen LogP contribution in [0.5, 0.6) is 0 Å². The van der Waals surface area contributed by atoms with Gasteiger partial charge in [0.15, 0.2) is 0 Å². The van der Waals surface area contributed by atoms with Crippen LogP contribution in [-0.4, -0.2) is 11.8 Å². The number of benzene rings is 1. The molecule has 82 valence electrons. The lowest BCUT2D eigenvalue weighted by molar-refractivity contribution is 0.605. The van der Waals surface area contributed by atoms with Gasteiger partial charge in [-0.25, -0.2) is 0 Å². The average molecular weight is 262 g/mol. The maximum Gasteiger partial charge on any atom is 0.0793 e. The van der Waals surface area contributed by atoms with E-state index >= 15 is 0 Å². The van der Waals surface area contributed by atoms with Crippen LogP contribution in [0.25, 0.3) is 0 Å². The Bertz CT molecular complexity index is 336. The van der Waals surface area contributed by atoms with Gasteiger partial charge >= 0.3 is 0 Å². The predicted octanol–water partition coefficient (Wildman–Crippen LogP) is 4.11. The molecular weight excluding hydrogens is 249 g/mol. The Kier molecular flexibility index (Phi) is 3.83. The van der Waals surface area contributed by atoms with Crippen LogP contribution < -0.4 is 5.32 Å². The molecule has 0 aliphatic carbocycles. The van der Waals surface area contributed by atoms with E-state index in [-0.39, 0.29) is 0 Å². The zero-order chi connectivity index (χ0) is 10.8. The molecule has 2 atom stereocenters. The van der Waals surface area contributed by atoms with Crippen LogP contribution in [0.15, 0.2) is 18.2 Å². The molecular formula is C11H13Cl2NS.